The fourth-order valence-corrected chi connectivity index (χ4v) is 2.68. The Kier molecular flexibility index (Phi) is 4.23. The van der Waals surface area contributed by atoms with Crippen LogP contribution >= 0.6 is 11.3 Å². The number of nitrogen functional groups attached to an aromatic ring is 1. The molecule has 0 saturated carbocycles. The van der Waals surface area contributed by atoms with Crippen LogP contribution in [0.2, 0.25) is 0 Å². The Labute approximate surface area is 107 Å². The van der Waals surface area contributed by atoms with Crippen LogP contribution in [0, 0.1) is 5.92 Å². The molecule has 2 heterocycles. The van der Waals surface area contributed by atoms with E-state index in [1.54, 1.807) is 11.3 Å². The topological polar surface area (TPSA) is 51.4 Å². The lowest BCUT2D eigenvalue weighted by Gasteiger charge is -2.15. The Morgan fingerprint density at radius 3 is 3.12 bits per heavy atom. The second-order valence-corrected chi connectivity index (χ2v) is 5.80. The number of hydrogen-bond donors (Lipinski definition) is 1. The van der Waals surface area contributed by atoms with Crippen molar-refractivity contribution in [2.45, 2.75) is 32.8 Å². The lowest BCUT2D eigenvalue weighted by molar-refractivity contribution is 0.0609. The lowest BCUT2D eigenvalue weighted by Crippen LogP contribution is -2.23. The van der Waals surface area contributed by atoms with Crippen LogP contribution in [0.3, 0.4) is 0 Å². The Hall–Kier alpha value is -0.810. The second-order valence-electron chi connectivity index (χ2n) is 4.96. The maximum atomic E-state index is 5.88. The second kappa shape index (κ2) is 5.69. The Bertz CT molecular complexity index is 353. The molecule has 1 aliphatic heterocycles. The van der Waals surface area contributed by atoms with Crippen LogP contribution in [-0.2, 0) is 4.74 Å². The highest BCUT2D eigenvalue weighted by Gasteiger charge is 2.24. The third-order valence-electron chi connectivity index (χ3n) is 2.97. The van der Waals surface area contributed by atoms with Crippen molar-refractivity contribution in [1.82, 2.24) is 4.98 Å². The summed E-state index contributed by atoms with van der Waals surface area (Å²) >= 11 is 1.61. The fraction of sp³-hybridized carbons (Fsp3) is 0.750. The molecule has 0 radical (unpaired) electrons. The summed E-state index contributed by atoms with van der Waals surface area (Å²) in [6, 6.07) is 0. The minimum absolute atomic E-state index is 0.360. The summed E-state index contributed by atoms with van der Waals surface area (Å²) in [4.78, 5) is 6.57. The molecule has 0 spiro atoms. The Morgan fingerprint density at radius 2 is 2.47 bits per heavy atom. The smallest absolute Gasteiger partial charge is 0.187 e. The molecule has 0 unspecified atom stereocenters. The van der Waals surface area contributed by atoms with Gasteiger partial charge in [-0.1, -0.05) is 13.8 Å². The Morgan fingerprint density at radius 1 is 1.65 bits per heavy atom. The van der Waals surface area contributed by atoms with Crippen LogP contribution in [-0.4, -0.2) is 30.8 Å². The van der Waals surface area contributed by atoms with E-state index in [-0.39, 0.29) is 0 Å². The first kappa shape index (κ1) is 12.6. The van der Waals surface area contributed by atoms with Gasteiger partial charge in [-0.3, -0.25) is 0 Å². The van der Waals surface area contributed by atoms with Gasteiger partial charge in [-0.05, 0) is 18.8 Å². The van der Waals surface area contributed by atoms with Gasteiger partial charge in [0.15, 0.2) is 5.13 Å². The van der Waals surface area contributed by atoms with Crippen LogP contribution in [0.5, 0.6) is 0 Å². The van der Waals surface area contributed by atoms with Crippen LogP contribution in [0.25, 0.3) is 0 Å². The molecule has 1 aliphatic rings. The van der Waals surface area contributed by atoms with Crippen molar-refractivity contribution in [2.24, 2.45) is 5.92 Å². The van der Waals surface area contributed by atoms with Crippen molar-refractivity contribution in [2.75, 3.05) is 30.3 Å². The highest BCUT2D eigenvalue weighted by molar-refractivity contribution is 7.14. The van der Waals surface area contributed by atoms with Gasteiger partial charge in [0.1, 0.15) is 5.82 Å². The molecule has 0 aliphatic carbocycles. The van der Waals surface area contributed by atoms with Crippen LogP contribution in [0.4, 0.5) is 10.9 Å². The van der Waals surface area contributed by atoms with E-state index in [1.807, 2.05) is 5.38 Å². The monoisotopic (exact) mass is 255 g/mol. The highest BCUT2D eigenvalue weighted by Crippen LogP contribution is 2.26. The van der Waals surface area contributed by atoms with Gasteiger partial charge in [0, 0.05) is 25.1 Å². The summed E-state index contributed by atoms with van der Waals surface area (Å²) in [6.45, 7) is 7.30. The average molecular weight is 255 g/mol. The molecule has 0 aromatic carbocycles. The highest BCUT2D eigenvalue weighted by atomic mass is 32.1. The SMILES string of the molecule is CC(C)CCO[C@@H]1CCN(c2nc(N)cs2)C1. The molecule has 2 N–H and O–H groups in total. The van der Waals surface area contributed by atoms with Crippen LogP contribution < -0.4 is 10.6 Å². The van der Waals surface area contributed by atoms with Gasteiger partial charge in [0.05, 0.1) is 6.10 Å². The van der Waals surface area contributed by atoms with E-state index in [2.05, 4.69) is 23.7 Å². The molecule has 1 saturated heterocycles. The first-order valence-corrected chi connectivity index (χ1v) is 7.10. The zero-order valence-corrected chi connectivity index (χ0v) is 11.4. The van der Waals surface area contributed by atoms with E-state index in [0.717, 1.165) is 37.7 Å². The van der Waals surface area contributed by atoms with Crippen molar-refractivity contribution in [3.05, 3.63) is 5.38 Å². The third kappa shape index (κ3) is 3.57. The van der Waals surface area contributed by atoms with E-state index in [9.17, 15) is 0 Å². The number of hydrogen-bond acceptors (Lipinski definition) is 5. The first-order chi connectivity index (χ1) is 8.15. The maximum absolute atomic E-state index is 5.88. The van der Waals surface area contributed by atoms with E-state index < -0.39 is 0 Å². The molecule has 1 aromatic heterocycles. The minimum atomic E-state index is 0.360. The molecular weight excluding hydrogens is 234 g/mol. The van der Waals surface area contributed by atoms with Crippen molar-refractivity contribution >= 4 is 22.3 Å². The van der Waals surface area contributed by atoms with Gasteiger partial charge in [-0.25, -0.2) is 4.98 Å². The minimum Gasteiger partial charge on any atom is -0.383 e. The quantitative estimate of drug-likeness (QED) is 0.877. The van der Waals surface area contributed by atoms with E-state index in [4.69, 9.17) is 10.5 Å². The molecule has 0 bridgehead atoms. The zero-order valence-electron chi connectivity index (χ0n) is 10.6. The van der Waals surface area contributed by atoms with Gasteiger partial charge in [0.2, 0.25) is 0 Å². The van der Waals surface area contributed by atoms with Crippen LogP contribution in [0.15, 0.2) is 5.38 Å². The number of thiazole rings is 1. The number of ether oxygens (including phenoxy) is 1. The molecule has 1 atom stereocenters. The van der Waals surface area contributed by atoms with E-state index in [0.29, 0.717) is 17.8 Å². The molecule has 17 heavy (non-hydrogen) atoms. The maximum Gasteiger partial charge on any atom is 0.187 e. The number of nitrogens with zero attached hydrogens (tertiary/aromatic N) is 2. The largest absolute Gasteiger partial charge is 0.383 e. The van der Waals surface area contributed by atoms with Gasteiger partial charge in [-0.2, -0.15) is 0 Å². The average Bonchev–Trinajstić information content (AvgIpc) is 2.86. The predicted octanol–water partition coefficient (Wildman–Crippen LogP) is 2.37. The molecule has 4 nitrogen and oxygen atoms in total. The third-order valence-corrected chi connectivity index (χ3v) is 3.89. The van der Waals surface area contributed by atoms with Gasteiger partial charge >= 0.3 is 0 Å². The van der Waals surface area contributed by atoms with Crippen molar-refractivity contribution < 1.29 is 4.74 Å². The molecule has 1 fully saturated rings. The molecular formula is C12H21N3OS. The van der Waals surface area contributed by atoms with Gasteiger partial charge in [0.25, 0.3) is 0 Å². The molecule has 1 aromatic rings. The number of nitrogens with two attached hydrogens (primary N) is 1. The van der Waals surface area contributed by atoms with Crippen molar-refractivity contribution in [3.63, 3.8) is 0 Å². The summed E-state index contributed by atoms with van der Waals surface area (Å²) in [6.07, 6.45) is 2.59. The summed E-state index contributed by atoms with van der Waals surface area (Å²) in [5.74, 6) is 1.33. The van der Waals surface area contributed by atoms with Gasteiger partial charge in [-0.15, -0.1) is 11.3 Å². The van der Waals surface area contributed by atoms with Crippen LogP contribution in [0.1, 0.15) is 26.7 Å². The summed E-state index contributed by atoms with van der Waals surface area (Å²) < 4.78 is 5.88. The summed E-state index contributed by atoms with van der Waals surface area (Å²) in [5, 5.41) is 2.92. The number of aromatic nitrogens is 1. The predicted molar refractivity (Wildman–Crippen MR) is 72.6 cm³/mol. The molecule has 0 amide bonds. The van der Waals surface area contributed by atoms with Crippen molar-refractivity contribution in [1.29, 1.82) is 0 Å². The first-order valence-electron chi connectivity index (χ1n) is 6.22. The normalized spacial score (nSPS) is 20.4. The zero-order chi connectivity index (χ0) is 12.3. The molecule has 2 rings (SSSR count). The molecule has 96 valence electrons. The summed E-state index contributed by atoms with van der Waals surface area (Å²) in [7, 11) is 0. The van der Waals surface area contributed by atoms with Gasteiger partial charge < -0.3 is 15.4 Å². The number of anilines is 2. The number of rotatable bonds is 5. The summed E-state index contributed by atoms with van der Waals surface area (Å²) in [5.41, 5.74) is 5.64. The Balaban J connectivity index is 1.76. The van der Waals surface area contributed by atoms with E-state index in [1.165, 1.54) is 0 Å². The molecule has 5 heteroatoms. The lowest BCUT2D eigenvalue weighted by atomic mass is 10.1. The van der Waals surface area contributed by atoms with E-state index >= 15 is 0 Å². The fourth-order valence-electron chi connectivity index (χ4n) is 1.93. The standard InChI is InChI=1S/C12H21N3OS/c1-9(2)4-6-16-10-3-5-15(7-10)12-14-11(13)8-17-12/h8-10H,3-7,13H2,1-2H3/t10-/m1/s1. The van der Waals surface area contributed by atoms with Crippen molar-refractivity contribution in [3.8, 4) is 0 Å².